The first-order valence-corrected chi connectivity index (χ1v) is 9.23. The number of hydrogen-bond donors (Lipinski definition) is 2. The third-order valence-electron chi connectivity index (χ3n) is 5.14. The largest absolute Gasteiger partial charge is 0.497 e. The maximum Gasteiger partial charge on any atom is 0.471 e. The number of benzene rings is 2. The summed E-state index contributed by atoms with van der Waals surface area (Å²) in [5.41, 5.74) is 1.58. The normalized spacial score (nSPS) is 17.7. The molecule has 0 saturated heterocycles. The molecule has 1 amide bonds. The van der Waals surface area contributed by atoms with E-state index in [2.05, 4.69) is 0 Å². The summed E-state index contributed by atoms with van der Waals surface area (Å²) in [4.78, 5) is 11.7. The summed E-state index contributed by atoms with van der Waals surface area (Å²) in [5, 5.41) is 12.9. The molecule has 0 aliphatic heterocycles. The van der Waals surface area contributed by atoms with Crippen molar-refractivity contribution in [3.63, 3.8) is 0 Å². The fourth-order valence-corrected chi connectivity index (χ4v) is 3.75. The summed E-state index contributed by atoms with van der Waals surface area (Å²) in [6.07, 6.45) is -6.53. The lowest BCUT2D eigenvalue weighted by atomic mass is 9.93. The van der Waals surface area contributed by atoms with Crippen molar-refractivity contribution in [3.8, 4) is 34.1 Å². The molecule has 0 bridgehead atoms. The van der Waals surface area contributed by atoms with Gasteiger partial charge in [0.15, 0.2) is 11.5 Å². The zero-order valence-electron chi connectivity index (χ0n) is 17.3. The Morgan fingerprint density at radius 1 is 1.00 bits per heavy atom. The first kappa shape index (κ1) is 22.5. The Labute approximate surface area is 176 Å². The molecule has 168 valence electrons. The number of amides is 1. The summed E-state index contributed by atoms with van der Waals surface area (Å²) < 4.78 is 60.4. The molecule has 0 spiro atoms. The minimum absolute atomic E-state index is 0.215. The molecular weight excluding hydrogens is 419 g/mol. The molecule has 1 aliphatic rings. The summed E-state index contributed by atoms with van der Waals surface area (Å²) in [7, 11) is 5.65. The van der Waals surface area contributed by atoms with Crippen molar-refractivity contribution >= 4 is 5.91 Å². The van der Waals surface area contributed by atoms with E-state index in [1.54, 1.807) is 18.2 Å². The number of carbonyl (C=O) groups excluding carboxylic acids is 1. The van der Waals surface area contributed by atoms with Crippen LogP contribution in [0.5, 0.6) is 23.0 Å². The monoisotopic (exact) mass is 441 g/mol. The van der Waals surface area contributed by atoms with Crippen LogP contribution in [0.4, 0.5) is 13.2 Å². The number of aliphatic hydroxyl groups is 1. The van der Waals surface area contributed by atoms with Crippen LogP contribution in [0, 0.1) is 0 Å². The molecule has 3 rings (SSSR count). The van der Waals surface area contributed by atoms with Gasteiger partial charge in [0, 0.05) is 12.0 Å². The minimum atomic E-state index is -5.08. The van der Waals surface area contributed by atoms with Gasteiger partial charge in [0.05, 0.1) is 40.6 Å². The molecule has 2 N–H and O–H groups in total. The van der Waals surface area contributed by atoms with E-state index >= 15 is 0 Å². The highest BCUT2D eigenvalue weighted by molar-refractivity contribution is 5.85. The highest BCUT2D eigenvalue weighted by Crippen LogP contribution is 2.53. The second kappa shape index (κ2) is 8.54. The number of carbonyl (C=O) groups is 1. The Balaban J connectivity index is 2.30. The number of fused-ring (bicyclic) bond motifs is 3. The second-order valence-corrected chi connectivity index (χ2v) is 6.84. The highest BCUT2D eigenvalue weighted by atomic mass is 19.4. The summed E-state index contributed by atoms with van der Waals surface area (Å²) in [6.45, 7) is 0. The average molecular weight is 441 g/mol. The Hall–Kier alpha value is -3.14. The number of rotatable bonds is 5. The van der Waals surface area contributed by atoms with Gasteiger partial charge in [-0.15, -0.1) is 0 Å². The van der Waals surface area contributed by atoms with Gasteiger partial charge in [-0.2, -0.15) is 13.2 Å². The molecule has 0 fully saturated rings. The molecule has 0 radical (unpaired) electrons. The fourth-order valence-electron chi connectivity index (χ4n) is 3.75. The molecule has 7 nitrogen and oxygen atoms in total. The zero-order valence-corrected chi connectivity index (χ0v) is 17.3. The molecule has 2 atom stereocenters. The summed E-state index contributed by atoms with van der Waals surface area (Å²) in [6, 6.07) is 5.17. The van der Waals surface area contributed by atoms with Crippen LogP contribution in [0.3, 0.4) is 0 Å². The van der Waals surface area contributed by atoms with E-state index in [0.29, 0.717) is 28.0 Å². The van der Waals surface area contributed by atoms with Crippen LogP contribution in [0.15, 0.2) is 24.3 Å². The summed E-state index contributed by atoms with van der Waals surface area (Å²) >= 11 is 0. The van der Waals surface area contributed by atoms with Gasteiger partial charge in [0.1, 0.15) is 5.75 Å². The van der Waals surface area contributed by atoms with Crippen LogP contribution in [-0.2, 0) is 4.79 Å². The lowest BCUT2D eigenvalue weighted by Gasteiger charge is -2.22. The first-order chi connectivity index (χ1) is 14.7. The van der Waals surface area contributed by atoms with Crippen LogP contribution in [0.25, 0.3) is 11.1 Å². The maximum atomic E-state index is 13.0. The van der Waals surface area contributed by atoms with E-state index in [9.17, 15) is 23.1 Å². The Bertz CT molecular complexity index is 992. The van der Waals surface area contributed by atoms with Crippen LogP contribution in [0.1, 0.15) is 29.7 Å². The van der Waals surface area contributed by atoms with Gasteiger partial charge in [-0.25, -0.2) is 0 Å². The van der Waals surface area contributed by atoms with Crippen molar-refractivity contribution in [2.24, 2.45) is 0 Å². The van der Waals surface area contributed by atoms with Gasteiger partial charge in [-0.05, 0) is 34.9 Å². The number of ether oxygens (including phenoxy) is 4. The summed E-state index contributed by atoms with van der Waals surface area (Å²) in [5.74, 6) is -0.945. The quantitative estimate of drug-likeness (QED) is 0.738. The molecule has 2 aromatic carbocycles. The fraction of sp³-hybridized carbons (Fsp3) is 0.381. The molecule has 10 heteroatoms. The van der Waals surface area contributed by atoms with Gasteiger partial charge in [-0.1, -0.05) is 6.07 Å². The van der Waals surface area contributed by atoms with Crippen molar-refractivity contribution in [2.45, 2.75) is 24.7 Å². The number of methoxy groups -OCH3 is 4. The smallest absolute Gasteiger partial charge is 0.471 e. The number of hydrogen-bond acceptors (Lipinski definition) is 6. The third-order valence-corrected chi connectivity index (χ3v) is 5.14. The van der Waals surface area contributed by atoms with Gasteiger partial charge in [0.2, 0.25) is 5.75 Å². The van der Waals surface area contributed by atoms with Gasteiger partial charge >= 0.3 is 12.1 Å². The Morgan fingerprint density at radius 2 is 1.68 bits per heavy atom. The molecule has 0 saturated carbocycles. The van der Waals surface area contributed by atoms with E-state index in [-0.39, 0.29) is 23.7 Å². The van der Waals surface area contributed by atoms with Crippen LogP contribution in [-0.4, -0.2) is 45.6 Å². The van der Waals surface area contributed by atoms with Crippen molar-refractivity contribution in [3.05, 3.63) is 35.4 Å². The minimum Gasteiger partial charge on any atom is -0.497 e. The number of nitrogens with one attached hydrogen (secondary N) is 1. The van der Waals surface area contributed by atoms with E-state index in [0.717, 1.165) is 0 Å². The SMILES string of the molecule is COc1ccc2c(c1)C(NC(=O)C(F)(F)F)CC(O)c1cc(OC)c(OC)c(OC)c1-2. The molecule has 1 aliphatic carbocycles. The van der Waals surface area contributed by atoms with Crippen molar-refractivity contribution < 1.29 is 42.0 Å². The highest BCUT2D eigenvalue weighted by Gasteiger charge is 2.42. The van der Waals surface area contributed by atoms with Crippen LogP contribution < -0.4 is 24.3 Å². The van der Waals surface area contributed by atoms with Crippen molar-refractivity contribution in [1.82, 2.24) is 5.32 Å². The Morgan fingerprint density at radius 3 is 2.23 bits per heavy atom. The predicted octanol–water partition coefficient (Wildman–Crippen LogP) is 3.54. The predicted molar refractivity (Wildman–Crippen MR) is 105 cm³/mol. The topological polar surface area (TPSA) is 86.3 Å². The average Bonchev–Trinajstić information content (AvgIpc) is 2.85. The number of alkyl halides is 3. The standard InChI is InChI=1S/C21H22F3NO6/c1-28-10-5-6-11-12(7-10)14(25-20(27)21(22,23)24)9-15(26)13-8-16(29-2)18(30-3)19(31-4)17(11)13/h5-8,14-15,26H,9H2,1-4H3,(H,25,27). The molecule has 0 aromatic heterocycles. The molecule has 2 aromatic rings. The zero-order chi connectivity index (χ0) is 22.9. The van der Waals surface area contributed by atoms with Crippen molar-refractivity contribution in [1.29, 1.82) is 0 Å². The number of aliphatic hydroxyl groups excluding tert-OH is 1. The van der Waals surface area contributed by atoms with E-state index < -0.39 is 24.2 Å². The molecular formula is C21H22F3NO6. The van der Waals surface area contributed by atoms with E-state index in [4.69, 9.17) is 18.9 Å². The van der Waals surface area contributed by atoms with Gasteiger partial charge < -0.3 is 29.4 Å². The molecule has 2 unspecified atom stereocenters. The lowest BCUT2D eigenvalue weighted by molar-refractivity contribution is -0.174. The van der Waals surface area contributed by atoms with Gasteiger partial charge in [0.25, 0.3) is 0 Å². The third kappa shape index (κ3) is 4.07. The maximum absolute atomic E-state index is 13.0. The van der Waals surface area contributed by atoms with Crippen LogP contribution in [0.2, 0.25) is 0 Å². The molecule has 31 heavy (non-hydrogen) atoms. The first-order valence-electron chi connectivity index (χ1n) is 9.23. The second-order valence-electron chi connectivity index (χ2n) is 6.84. The van der Waals surface area contributed by atoms with E-state index in [1.807, 2.05) is 5.32 Å². The van der Waals surface area contributed by atoms with Gasteiger partial charge in [-0.3, -0.25) is 4.79 Å². The van der Waals surface area contributed by atoms with Crippen molar-refractivity contribution in [2.75, 3.05) is 28.4 Å². The van der Waals surface area contributed by atoms with E-state index in [1.165, 1.54) is 34.5 Å². The Kier molecular flexibility index (Phi) is 6.21. The number of halogens is 3. The lowest BCUT2D eigenvalue weighted by Crippen LogP contribution is -2.39. The van der Waals surface area contributed by atoms with Crippen LogP contribution >= 0.6 is 0 Å². The molecule has 0 heterocycles.